The minimum atomic E-state index is -0.615. The van der Waals surface area contributed by atoms with Crippen LogP contribution >= 0.6 is 34.8 Å². The maximum Gasteiger partial charge on any atom is 0.411 e. The number of aromatic nitrogens is 1. The molecule has 1 amide bonds. The molecule has 1 aliphatic carbocycles. The molecule has 1 heterocycles. The average molecular weight is 602 g/mol. The van der Waals surface area contributed by atoms with Crippen molar-refractivity contribution in [2.75, 3.05) is 12.4 Å². The Bertz CT molecular complexity index is 1590. The standard InChI is InChI=1S/C30H27Cl3N2O5/c1-35-16-19(22-13-20(9-10-26(22)35)34-30(37)39-21-5-3-4-6-21)11-17-7-8-18(12-27(17)38-2)29(36)40-28-15-24(32)23(31)14-25(28)33/h7-10,12-16,21H,3-6,11H2,1-2H3,(H,34,37). The summed E-state index contributed by atoms with van der Waals surface area (Å²) in [7, 11) is 3.52. The molecule has 0 saturated heterocycles. The van der Waals surface area contributed by atoms with Gasteiger partial charge in [0, 0.05) is 42.3 Å². The molecular formula is C30H27Cl3N2O5. The minimum absolute atomic E-state index is 0.00953. The van der Waals surface area contributed by atoms with Gasteiger partial charge >= 0.3 is 12.1 Å². The number of amides is 1. The minimum Gasteiger partial charge on any atom is -0.496 e. The number of rotatable bonds is 7. The van der Waals surface area contributed by atoms with E-state index in [4.69, 9.17) is 49.0 Å². The van der Waals surface area contributed by atoms with Crippen LogP contribution in [0, 0.1) is 0 Å². The van der Waals surface area contributed by atoms with E-state index in [9.17, 15) is 9.59 Å². The molecule has 10 heteroatoms. The molecule has 3 aromatic carbocycles. The molecule has 1 fully saturated rings. The molecule has 4 aromatic rings. The number of fused-ring (bicyclic) bond motifs is 1. The number of aryl methyl sites for hydroxylation is 1. The molecule has 208 valence electrons. The number of esters is 1. The quantitative estimate of drug-likeness (QED) is 0.131. The third-order valence-corrected chi connectivity index (χ3v) is 7.99. The van der Waals surface area contributed by atoms with Gasteiger partial charge in [-0.25, -0.2) is 9.59 Å². The van der Waals surface area contributed by atoms with E-state index in [0.717, 1.165) is 47.7 Å². The lowest BCUT2D eigenvalue weighted by molar-refractivity contribution is 0.0734. The van der Waals surface area contributed by atoms with Gasteiger partial charge in [0.15, 0.2) is 5.75 Å². The highest BCUT2D eigenvalue weighted by Gasteiger charge is 2.20. The predicted octanol–water partition coefficient (Wildman–Crippen LogP) is 8.45. The second-order valence-electron chi connectivity index (χ2n) is 9.72. The highest BCUT2D eigenvalue weighted by Crippen LogP contribution is 2.35. The number of methoxy groups -OCH3 is 1. The van der Waals surface area contributed by atoms with E-state index in [-0.39, 0.29) is 32.5 Å². The molecule has 1 aromatic heterocycles. The van der Waals surface area contributed by atoms with Crippen LogP contribution in [0.5, 0.6) is 11.5 Å². The number of benzene rings is 3. The summed E-state index contributed by atoms with van der Waals surface area (Å²) in [6, 6.07) is 13.7. The fraction of sp³-hybridized carbons (Fsp3) is 0.267. The van der Waals surface area contributed by atoms with Crippen LogP contribution in [-0.4, -0.2) is 29.8 Å². The number of hydrogen-bond donors (Lipinski definition) is 1. The molecule has 0 bridgehead atoms. The van der Waals surface area contributed by atoms with Crippen molar-refractivity contribution in [1.82, 2.24) is 4.57 Å². The molecule has 5 rings (SSSR count). The summed E-state index contributed by atoms with van der Waals surface area (Å²) in [6.45, 7) is 0. The molecule has 0 atom stereocenters. The first-order chi connectivity index (χ1) is 19.2. The van der Waals surface area contributed by atoms with Crippen molar-refractivity contribution in [2.24, 2.45) is 7.05 Å². The number of carbonyl (C=O) groups is 2. The topological polar surface area (TPSA) is 78.8 Å². The van der Waals surface area contributed by atoms with Gasteiger partial charge in [0.1, 0.15) is 11.9 Å². The average Bonchev–Trinajstić information content (AvgIpc) is 3.54. The van der Waals surface area contributed by atoms with Gasteiger partial charge in [-0.2, -0.15) is 0 Å². The maximum absolute atomic E-state index is 12.9. The molecule has 40 heavy (non-hydrogen) atoms. The summed E-state index contributed by atoms with van der Waals surface area (Å²) in [5.41, 5.74) is 3.86. The van der Waals surface area contributed by atoms with Crippen molar-refractivity contribution in [2.45, 2.75) is 38.2 Å². The van der Waals surface area contributed by atoms with Gasteiger partial charge in [0.25, 0.3) is 0 Å². The third kappa shape index (κ3) is 6.17. The van der Waals surface area contributed by atoms with E-state index in [1.165, 1.54) is 12.1 Å². The molecule has 0 aliphatic heterocycles. The molecule has 0 unspecified atom stereocenters. The number of nitrogens with zero attached hydrogens (tertiary/aromatic N) is 1. The van der Waals surface area contributed by atoms with Crippen LogP contribution in [0.3, 0.4) is 0 Å². The fourth-order valence-electron chi connectivity index (χ4n) is 4.96. The predicted molar refractivity (Wildman–Crippen MR) is 158 cm³/mol. The Morgan fingerprint density at radius 2 is 1.68 bits per heavy atom. The largest absolute Gasteiger partial charge is 0.496 e. The zero-order valence-electron chi connectivity index (χ0n) is 21.9. The second kappa shape index (κ2) is 12.0. The normalized spacial score (nSPS) is 13.4. The summed E-state index contributed by atoms with van der Waals surface area (Å²) in [5, 5.41) is 4.50. The third-order valence-electron chi connectivity index (χ3n) is 6.98. The Hall–Kier alpha value is -3.39. The summed E-state index contributed by atoms with van der Waals surface area (Å²) in [5.74, 6) is 0.0213. The first-order valence-corrected chi connectivity index (χ1v) is 13.9. The van der Waals surface area contributed by atoms with Gasteiger partial charge in [-0.05, 0) is 73.2 Å². The van der Waals surface area contributed by atoms with Crippen molar-refractivity contribution >= 4 is 63.5 Å². The molecule has 7 nitrogen and oxygen atoms in total. The number of ether oxygens (including phenoxy) is 3. The van der Waals surface area contributed by atoms with E-state index in [1.54, 1.807) is 19.2 Å². The molecule has 1 saturated carbocycles. The lowest BCUT2D eigenvalue weighted by Gasteiger charge is -2.13. The van der Waals surface area contributed by atoms with Crippen LogP contribution in [0.25, 0.3) is 10.9 Å². The fourth-order valence-corrected chi connectivity index (χ4v) is 5.54. The molecule has 1 aliphatic rings. The molecule has 1 N–H and O–H groups in total. The Morgan fingerprint density at radius 3 is 2.42 bits per heavy atom. The maximum atomic E-state index is 12.9. The monoisotopic (exact) mass is 600 g/mol. The number of nitrogens with one attached hydrogen (secondary N) is 1. The first-order valence-electron chi connectivity index (χ1n) is 12.8. The van der Waals surface area contributed by atoms with Crippen LogP contribution < -0.4 is 14.8 Å². The van der Waals surface area contributed by atoms with Gasteiger partial charge in [-0.15, -0.1) is 0 Å². The van der Waals surface area contributed by atoms with E-state index in [2.05, 4.69) is 5.32 Å². The number of halogens is 3. The van der Waals surface area contributed by atoms with Crippen molar-refractivity contribution < 1.29 is 23.8 Å². The van der Waals surface area contributed by atoms with Gasteiger partial charge in [0.05, 0.1) is 27.7 Å². The summed E-state index contributed by atoms with van der Waals surface area (Å²) in [4.78, 5) is 25.3. The Kier molecular flexibility index (Phi) is 8.45. The van der Waals surface area contributed by atoms with Crippen LogP contribution in [0.1, 0.15) is 47.2 Å². The molecular weight excluding hydrogens is 575 g/mol. The number of hydrogen-bond acceptors (Lipinski definition) is 5. The lowest BCUT2D eigenvalue weighted by atomic mass is 10.0. The van der Waals surface area contributed by atoms with E-state index in [1.807, 2.05) is 42.1 Å². The summed E-state index contributed by atoms with van der Waals surface area (Å²) in [6.07, 6.45) is 6.14. The van der Waals surface area contributed by atoms with Gasteiger partial charge < -0.3 is 18.8 Å². The summed E-state index contributed by atoms with van der Waals surface area (Å²) >= 11 is 18.2. The highest BCUT2D eigenvalue weighted by molar-refractivity contribution is 6.43. The lowest BCUT2D eigenvalue weighted by Crippen LogP contribution is -2.20. The van der Waals surface area contributed by atoms with Crippen molar-refractivity contribution in [3.8, 4) is 11.5 Å². The Balaban J connectivity index is 1.35. The first kappa shape index (κ1) is 28.1. The van der Waals surface area contributed by atoms with Crippen LogP contribution in [-0.2, 0) is 18.2 Å². The smallest absolute Gasteiger partial charge is 0.411 e. The zero-order chi connectivity index (χ0) is 28.4. The van der Waals surface area contributed by atoms with Crippen molar-refractivity contribution in [1.29, 1.82) is 0 Å². The van der Waals surface area contributed by atoms with E-state index < -0.39 is 12.1 Å². The van der Waals surface area contributed by atoms with E-state index >= 15 is 0 Å². The van der Waals surface area contributed by atoms with Crippen LogP contribution in [0.2, 0.25) is 15.1 Å². The van der Waals surface area contributed by atoms with Crippen LogP contribution in [0.15, 0.2) is 54.7 Å². The highest BCUT2D eigenvalue weighted by atomic mass is 35.5. The van der Waals surface area contributed by atoms with Gasteiger partial charge in [-0.3, -0.25) is 5.32 Å². The Labute approximate surface area is 246 Å². The van der Waals surface area contributed by atoms with Gasteiger partial charge in [0.2, 0.25) is 0 Å². The molecule has 0 spiro atoms. The Morgan fingerprint density at radius 1 is 0.925 bits per heavy atom. The zero-order valence-corrected chi connectivity index (χ0v) is 24.2. The molecule has 0 radical (unpaired) electrons. The van der Waals surface area contributed by atoms with Crippen LogP contribution in [0.4, 0.5) is 10.5 Å². The number of carbonyl (C=O) groups excluding carboxylic acids is 2. The van der Waals surface area contributed by atoms with E-state index in [0.29, 0.717) is 17.9 Å². The van der Waals surface area contributed by atoms with Gasteiger partial charge in [-0.1, -0.05) is 40.9 Å². The number of anilines is 1. The summed E-state index contributed by atoms with van der Waals surface area (Å²) < 4.78 is 18.7. The van der Waals surface area contributed by atoms with Crippen molar-refractivity contribution in [3.63, 3.8) is 0 Å². The second-order valence-corrected chi connectivity index (χ2v) is 10.9. The SMILES string of the molecule is COc1cc(C(=O)Oc2cc(Cl)c(Cl)cc2Cl)ccc1Cc1cn(C)c2ccc(NC(=O)OC3CCCC3)cc12. The van der Waals surface area contributed by atoms with Crippen molar-refractivity contribution in [3.05, 3.63) is 86.5 Å².